The standard InChI is InChI=1S/C9H13F3O5S2/c1-2-4-8(7-19(15,16)17)5-3-6-18(13,14)9(10,11)12/h8H,3,5-7H2,1H3,(H,15,16,17). The summed E-state index contributed by atoms with van der Waals surface area (Å²) in [5.74, 6) is 2.00. The van der Waals surface area contributed by atoms with Gasteiger partial charge in [-0.05, 0) is 19.8 Å². The molecule has 0 amide bonds. The van der Waals surface area contributed by atoms with Crippen LogP contribution in [-0.2, 0) is 20.0 Å². The lowest BCUT2D eigenvalue weighted by Crippen LogP contribution is -2.26. The molecule has 0 saturated carbocycles. The van der Waals surface area contributed by atoms with E-state index >= 15 is 0 Å². The molecule has 1 unspecified atom stereocenters. The highest BCUT2D eigenvalue weighted by Gasteiger charge is 2.44. The molecule has 112 valence electrons. The van der Waals surface area contributed by atoms with Crippen molar-refractivity contribution in [3.05, 3.63) is 0 Å². The van der Waals surface area contributed by atoms with Gasteiger partial charge in [-0.15, -0.1) is 5.92 Å². The van der Waals surface area contributed by atoms with Crippen molar-refractivity contribution in [3.8, 4) is 11.8 Å². The maximum absolute atomic E-state index is 12.0. The fourth-order valence-electron chi connectivity index (χ4n) is 1.29. The SMILES string of the molecule is CC#CC(CCCS(=O)(=O)C(F)(F)F)CS(=O)(=O)O. The van der Waals surface area contributed by atoms with Gasteiger partial charge in [0.15, 0.2) is 0 Å². The van der Waals surface area contributed by atoms with E-state index in [0.29, 0.717) is 0 Å². The van der Waals surface area contributed by atoms with Crippen molar-refractivity contribution in [1.29, 1.82) is 0 Å². The quantitative estimate of drug-likeness (QED) is 0.587. The molecule has 0 aliphatic heterocycles. The van der Waals surface area contributed by atoms with Crippen LogP contribution in [0.4, 0.5) is 13.2 Å². The van der Waals surface area contributed by atoms with Crippen molar-refractivity contribution in [1.82, 2.24) is 0 Å². The Morgan fingerprint density at radius 3 is 2.11 bits per heavy atom. The first-order valence-corrected chi connectivity index (χ1v) is 8.31. The molecule has 1 atom stereocenters. The summed E-state index contributed by atoms with van der Waals surface area (Å²) in [4.78, 5) is 0. The van der Waals surface area contributed by atoms with E-state index in [1.807, 2.05) is 0 Å². The maximum atomic E-state index is 12.0. The van der Waals surface area contributed by atoms with E-state index in [-0.39, 0.29) is 6.42 Å². The molecule has 0 heterocycles. The molecule has 0 rings (SSSR count). The van der Waals surface area contributed by atoms with E-state index < -0.39 is 49.3 Å². The Morgan fingerprint density at radius 1 is 1.21 bits per heavy atom. The van der Waals surface area contributed by atoms with Crippen molar-refractivity contribution < 1.29 is 34.6 Å². The first-order chi connectivity index (χ1) is 8.39. The van der Waals surface area contributed by atoms with Crippen LogP contribution in [0, 0.1) is 17.8 Å². The fraction of sp³-hybridized carbons (Fsp3) is 0.778. The fourth-order valence-corrected chi connectivity index (χ4v) is 2.83. The minimum absolute atomic E-state index is 0.171. The number of halogens is 3. The highest BCUT2D eigenvalue weighted by molar-refractivity contribution is 7.92. The molecule has 0 bridgehead atoms. The molecule has 0 spiro atoms. The van der Waals surface area contributed by atoms with E-state index in [1.165, 1.54) is 6.92 Å². The Balaban J connectivity index is 4.56. The van der Waals surface area contributed by atoms with Gasteiger partial charge in [-0.2, -0.15) is 21.6 Å². The average molecular weight is 322 g/mol. The normalized spacial score (nSPS) is 14.6. The second-order valence-corrected chi connectivity index (χ2v) is 7.34. The Morgan fingerprint density at radius 2 is 1.74 bits per heavy atom. The van der Waals surface area contributed by atoms with Gasteiger partial charge in [-0.3, -0.25) is 4.55 Å². The smallest absolute Gasteiger partial charge is 0.286 e. The molecule has 0 aliphatic carbocycles. The van der Waals surface area contributed by atoms with Crippen LogP contribution in [-0.4, -0.2) is 38.4 Å². The van der Waals surface area contributed by atoms with Gasteiger partial charge in [0.1, 0.15) is 0 Å². The predicted molar refractivity (Wildman–Crippen MR) is 62.4 cm³/mol. The second-order valence-electron chi connectivity index (χ2n) is 3.75. The summed E-state index contributed by atoms with van der Waals surface area (Å²) in [6, 6.07) is 0. The average Bonchev–Trinajstić information content (AvgIpc) is 2.13. The molecule has 10 heteroatoms. The van der Waals surface area contributed by atoms with E-state index in [1.54, 1.807) is 0 Å². The highest BCUT2D eigenvalue weighted by atomic mass is 32.2. The molecule has 0 aromatic heterocycles. The monoisotopic (exact) mass is 322 g/mol. The molecule has 1 N–H and O–H groups in total. The van der Waals surface area contributed by atoms with E-state index in [9.17, 15) is 30.0 Å². The molecule has 0 fully saturated rings. The molecule has 0 radical (unpaired) electrons. The van der Waals surface area contributed by atoms with Crippen LogP contribution in [0.3, 0.4) is 0 Å². The maximum Gasteiger partial charge on any atom is 0.497 e. The lowest BCUT2D eigenvalue weighted by atomic mass is 10.1. The van der Waals surface area contributed by atoms with Gasteiger partial charge in [0.05, 0.1) is 11.5 Å². The lowest BCUT2D eigenvalue weighted by molar-refractivity contribution is -0.0435. The van der Waals surface area contributed by atoms with Gasteiger partial charge in [0.2, 0.25) is 9.84 Å². The highest BCUT2D eigenvalue weighted by Crippen LogP contribution is 2.25. The summed E-state index contributed by atoms with van der Waals surface area (Å²) in [7, 11) is -9.53. The summed E-state index contributed by atoms with van der Waals surface area (Å²) in [6.45, 7) is 1.39. The van der Waals surface area contributed by atoms with Crippen LogP contribution in [0.1, 0.15) is 19.8 Å². The molecular weight excluding hydrogens is 309 g/mol. The Labute approximate surface area is 109 Å². The van der Waals surface area contributed by atoms with Gasteiger partial charge in [-0.1, -0.05) is 5.92 Å². The zero-order valence-corrected chi connectivity index (χ0v) is 11.6. The van der Waals surface area contributed by atoms with Crippen molar-refractivity contribution in [2.24, 2.45) is 5.92 Å². The van der Waals surface area contributed by atoms with E-state index in [2.05, 4.69) is 11.8 Å². The zero-order valence-electron chi connectivity index (χ0n) is 9.94. The van der Waals surface area contributed by atoms with Crippen molar-refractivity contribution in [2.75, 3.05) is 11.5 Å². The van der Waals surface area contributed by atoms with Crippen LogP contribution >= 0.6 is 0 Å². The van der Waals surface area contributed by atoms with Gasteiger partial charge in [0, 0.05) is 5.92 Å². The first-order valence-electron chi connectivity index (χ1n) is 5.05. The van der Waals surface area contributed by atoms with Crippen LogP contribution in [0.5, 0.6) is 0 Å². The van der Waals surface area contributed by atoms with Crippen LogP contribution < -0.4 is 0 Å². The molecule has 5 nitrogen and oxygen atoms in total. The first kappa shape index (κ1) is 18.2. The molecule has 0 aliphatic rings. The molecule has 0 aromatic rings. The van der Waals surface area contributed by atoms with Crippen molar-refractivity contribution in [2.45, 2.75) is 25.3 Å². The number of hydrogen-bond donors (Lipinski definition) is 1. The van der Waals surface area contributed by atoms with Crippen molar-refractivity contribution in [3.63, 3.8) is 0 Å². The minimum atomic E-state index is -5.32. The largest absolute Gasteiger partial charge is 0.497 e. The van der Waals surface area contributed by atoms with Gasteiger partial charge in [0.25, 0.3) is 10.1 Å². The molecular formula is C9H13F3O5S2. The lowest BCUT2D eigenvalue weighted by Gasteiger charge is -2.10. The van der Waals surface area contributed by atoms with Gasteiger partial charge in [-0.25, -0.2) is 8.42 Å². The van der Waals surface area contributed by atoms with E-state index in [0.717, 1.165) is 0 Å². The number of hydrogen-bond acceptors (Lipinski definition) is 4. The number of sulfone groups is 1. The Kier molecular flexibility index (Phi) is 6.31. The van der Waals surface area contributed by atoms with Gasteiger partial charge >= 0.3 is 5.51 Å². The summed E-state index contributed by atoms with van der Waals surface area (Å²) in [5, 5.41) is 0. The third-order valence-corrected chi connectivity index (χ3v) is 4.43. The topological polar surface area (TPSA) is 88.5 Å². The molecule has 0 aromatic carbocycles. The Bertz CT molecular complexity index is 551. The summed E-state index contributed by atoms with van der Waals surface area (Å²) >= 11 is 0. The van der Waals surface area contributed by atoms with Crippen LogP contribution in [0.25, 0.3) is 0 Å². The summed E-state index contributed by atoms with van der Waals surface area (Å²) in [5.41, 5.74) is -5.32. The van der Waals surface area contributed by atoms with Crippen molar-refractivity contribution >= 4 is 20.0 Å². The summed E-state index contributed by atoms with van der Waals surface area (Å²) < 4.78 is 87.4. The third kappa shape index (κ3) is 7.39. The summed E-state index contributed by atoms with van der Waals surface area (Å²) in [6.07, 6.45) is -0.563. The van der Waals surface area contributed by atoms with Crippen LogP contribution in [0.15, 0.2) is 0 Å². The predicted octanol–water partition coefficient (Wildman–Crippen LogP) is 1.23. The third-order valence-electron chi connectivity index (χ3n) is 2.08. The van der Waals surface area contributed by atoms with Crippen LogP contribution in [0.2, 0.25) is 0 Å². The Hall–Kier alpha value is -0.790. The second kappa shape index (κ2) is 6.58. The number of alkyl halides is 3. The zero-order chi connectivity index (χ0) is 15.3. The molecule has 0 saturated heterocycles. The van der Waals surface area contributed by atoms with Gasteiger partial charge < -0.3 is 0 Å². The number of rotatable bonds is 6. The molecule has 19 heavy (non-hydrogen) atoms. The minimum Gasteiger partial charge on any atom is -0.286 e. The van der Waals surface area contributed by atoms with E-state index in [4.69, 9.17) is 4.55 Å².